The van der Waals surface area contributed by atoms with Crippen LogP contribution in [-0.4, -0.2) is 38.8 Å². The third kappa shape index (κ3) is 2.26. The fourth-order valence-electron chi connectivity index (χ4n) is 1.77. The van der Waals surface area contributed by atoms with Crippen molar-refractivity contribution in [2.24, 2.45) is 0 Å². The minimum absolute atomic E-state index is 0.0743. The van der Waals surface area contributed by atoms with E-state index >= 15 is 0 Å². The predicted octanol–water partition coefficient (Wildman–Crippen LogP) is 1.01. The van der Waals surface area contributed by atoms with E-state index in [0.717, 1.165) is 17.1 Å². The van der Waals surface area contributed by atoms with E-state index in [1.165, 1.54) is 0 Å². The number of nitrogens with one attached hydrogen (secondary N) is 1. The number of morpholine rings is 1. The third-order valence-electron chi connectivity index (χ3n) is 2.69. The second kappa shape index (κ2) is 4.95. The number of likely N-dealkylation sites (N-methyl/N-ethyl adjacent to an activating group) is 1. The normalized spacial score (nSPS) is 20.8. The number of rotatable bonds is 2. The van der Waals surface area contributed by atoms with Crippen molar-refractivity contribution in [1.82, 2.24) is 5.32 Å². The Kier molecular flexibility index (Phi) is 3.58. The molecule has 0 aromatic carbocycles. The van der Waals surface area contributed by atoms with Gasteiger partial charge in [-0.05, 0) is 23.9 Å². The number of anilines is 1. The van der Waals surface area contributed by atoms with Crippen LogP contribution in [0.4, 0.5) is 5.00 Å². The average molecular weight is 240 g/mol. The van der Waals surface area contributed by atoms with Gasteiger partial charge in [0, 0.05) is 13.6 Å². The first-order valence-corrected chi connectivity index (χ1v) is 6.21. The topological polar surface area (TPSA) is 41.6 Å². The van der Waals surface area contributed by atoms with Gasteiger partial charge in [0.25, 0.3) is 0 Å². The van der Waals surface area contributed by atoms with Crippen molar-refractivity contribution in [3.8, 4) is 0 Å². The maximum absolute atomic E-state index is 12.1. The van der Waals surface area contributed by atoms with Crippen molar-refractivity contribution in [2.75, 3.05) is 31.7 Å². The van der Waals surface area contributed by atoms with E-state index in [9.17, 15) is 4.79 Å². The molecule has 1 aromatic heterocycles. The van der Waals surface area contributed by atoms with E-state index in [2.05, 4.69) is 5.32 Å². The third-order valence-corrected chi connectivity index (χ3v) is 3.78. The second-order valence-corrected chi connectivity index (χ2v) is 4.78. The molecule has 1 aromatic rings. The van der Waals surface area contributed by atoms with Crippen LogP contribution in [0.15, 0.2) is 11.4 Å². The Balaban J connectivity index is 2.06. The number of ether oxygens (including phenoxy) is 1. The zero-order valence-electron chi connectivity index (χ0n) is 9.53. The highest BCUT2D eigenvalue weighted by Gasteiger charge is 2.25. The number of aryl methyl sites for hydroxylation is 1. The molecule has 0 bridgehead atoms. The minimum atomic E-state index is -0.208. The van der Waals surface area contributed by atoms with Gasteiger partial charge in [0.2, 0.25) is 5.91 Å². The quantitative estimate of drug-likeness (QED) is 0.839. The summed E-state index contributed by atoms with van der Waals surface area (Å²) >= 11 is 1.59. The molecule has 0 aliphatic carbocycles. The number of carbonyl (C=O) groups excluding carboxylic acids is 1. The second-order valence-electron chi connectivity index (χ2n) is 3.89. The Hall–Kier alpha value is -0.910. The van der Waals surface area contributed by atoms with Gasteiger partial charge >= 0.3 is 0 Å². The monoisotopic (exact) mass is 240 g/mol. The van der Waals surface area contributed by atoms with E-state index in [0.29, 0.717) is 13.2 Å². The highest BCUT2D eigenvalue weighted by molar-refractivity contribution is 7.14. The molecule has 1 aliphatic rings. The maximum Gasteiger partial charge on any atom is 0.246 e. The molecule has 1 N–H and O–H groups in total. The zero-order chi connectivity index (χ0) is 11.5. The fraction of sp³-hybridized carbons (Fsp3) is 0.545. The summed E-state index contributed by atoms with van der Waals surface area (Å²) in [6.07, 6.45) is 0. The molecule has 88 valence electrons. The molecule has 0 spiro atoms. The van der Waals surface area contributed by atoms with Gasteiger partial charge in [0.1, 0.15) is 11.0 Å². The lowest BCUT2D eigenvalue weighted by atomic mass is 10.2. The van der Waals surface area contributed by atoms with Crippen LogP contribution in [-0.2, 0) is 9.53 Å². The summed E-state index contributed by atoms with van der Waals surface area (Å²) in [6.45, 7) is 3.91. The number of amides is 1. The molecule has 0 saturated carbocycles. The van der Waals surface area contributed by atoms with Crippen LogP contribution < -0.4 is 10.2 Å². The SMILES string of the molecule is Cc1ccsc1N(C)C(=O)C1COCCN1. The Bertz CT molecular complexity index is 372. The van der Waals surface area contributed by atoms with Crippen LogP contribution in [0.5, 0.6) is 0 Å². The lowest BCUT2D eigenvalue weighted by molar-refractivity contribution is -0.123. The summed E-state index contributed by atoms with van der Waals surface area (Å²) in [5.74, 6) is 0.0743. The number of hydrogen-bond acceptors (Lipinski definition) is 4. The number of hydrogen-bond donors (Lipinski definition) is 1. The standard InChI is InChI=1S/C11H16N2O2S/c1-8-3-6-16-11(8)13(2)10(14)9-7-15-5-4-12-9/h3,6,9,12H,4-5,7H2,1-2H3. The summed E-state index contributed by atoms with van der Waals surface area (Å²) in [5.41, 5.74) is 1.14. The highest BCUT2D eigenvalue weighted by Crippen LogP contribution is 2.26. The van der Waals surface area contributed by atoms with Crippen molar-refractivity contribution < 1.29 is 9.53 Å². The van der Waals surface area contributed by atoms with Crippen molar-refractivity contribution in [1.29, 1.82) is 0 Å². The number of carbonyl (C=O) groups is 1. The Labute approximate surface area is 99.2 Å². The van der Waals surface area contributed by atoms with Crippen LogP contribution in [0.25, 0.3) is 0 Å². The van der Waals surface area contributed by atoms with E-state index < -0.39 is 0 Å². The van der Waals surface area contributed by atoms with Crippen molar-refractivity contribution in [3.05, 3.63) is 17.0 Å². The summed E-state index contributed by atoms with van der Waals surface area (Å²) in [4.78, 5) is 13.9. The van der Waals surface area contributed by atoms with Gasteiger partial charge in [-0.3, -0.25) is 4.79 Å². The molecule has 5 heteroatoms. The largest absolute Gasteiger partial charge is 0.378 e. The molecular weight excluding hydrogens is 224 g/mol. The smallest absolute Gasteiger partial charge is 0.246 e. The van der Waals surface area contributed by atoms with Crippen molar-refractivity contribution >= 4 is 22.2 Å². The summed E-state index contributed by atoms with van der Waals surface area (Å²) in [5, 5.41) is 6.18. The Morgan fingerprint density at radius 2 is 2.50 bits per heavy atom. The van der Waals surface area contributed by atoms with Gasteiger partial charge in [0.15, 0.2) is 0 Å². The molecule has 16 heavy (non-hydrogen) atoms. The molecule has 1 fully saturated rings. The molecule has 2 heterocycles. The molecular formula is C11H16N2O2S. The molecule has 1 atom stereocenters. The van der Waals surface area contributed by atoms with E-state index in [1.54, 1.807) is 16.2 Å². The Morgan fingerprint density at radius 1 is 1.69 bits per heavy atom. The van der Waals surface area contributed by atoms with Gasteiger partial charge < -0.3 is 15.0 Å². The summed E-state index contributed by atoms with van der Waals surface area (Å²) in [7, 11) is 1.82. The number of nitrogens with zero attached hydrogens (tertiary/aromatic N) is 1. The molecule has 0 radical (unpaired) electrons. The maximum atomic E-state index is 12.1. The zero-order valence-corrected chi connectivity index (χ0v) is 10.3. The molecule has 1 saturated heterocycles. The van der Waals surface area contributed by atoms with Crippen molar-refractivity contribution in [3.63, 3.8) is 0 Å². The highest BCUT2D eigenvalue weighted by atomic mass is 32.1. The lowest BCUT2D eigenvalue weighted by Crippen LogP contribution is -2.51. The first-order valence-electron chi connectivity index (χ1n) is 5.33. The lowest BCUT2D eigenvalue weighted by Gasteiger charge is -2.27. The van der Waals surface area contributed by atoms with Gasteiger partial charge in [0.05, 0.1) is 13.2 Å². The van der Waals surface area contributed by atoms with Crippen LogP contribution >= 0.6 is 11.3 Å². The van der Waals surface area contributed by atoms with E-state index in [4.69, 9.17) is 4.74 Å². The predicted molar refractivity (Wildman–Crippen MR) is 65.1 cm³/mol. The molecule has 2 rings (SSSR count). The van der Waals surface area contributed by atoms with Crippen LogP contribution in [0, 0.1) is 6.92 Å². The van der Waals surface area contributed by atoms with Crippen LogP contribution in [0.1, 0.15) is 5.56 Å². The first-order chi connectivity index (χ1) is 7.70. The molecule has 4 nitrogen and oxygen atoms in total. The van der Waals surface area contributed by atoms with E-state index in [1.807, 2.05) is 25.4 Å². The van der Waals surface area contributed by atoms with Gasteiger partial charge in [-0.2, -0.15) is 0 Å². The van der Waals surface area contributed by atoms with Crippen molar-refractivity contribution in [2.45, 2.75) is 13.0 Å². The van der Waals surface area contributed by atoms with Gasteiger partial charge in [-0.25, -0.2) is 0 Å². The molecule has 1 aliphatic heterocycles. The van der Waals surface area contributed by atoms with Gasteiger partial charge in [-0.15, -0.1) is 11.3 Å². The summed E-state index contributed by atoms with van der Waals surface area (Å²) < 4.78 is 5.29. The van der Waals surface area contributed by atoms with E-state index in [-0.39, 0.29) is 11.9 Å². The number of thiophene rings is 1. The summed E-state index contributed by atoms with van der Waals surface area (Å²) in [6, 6.07) is 1.81. The first kappa shape index (κ1) is 11.6. The minimum Gasteiger partial charge on any atom is -0.378 e. The molecule has 1 unspecified atom stereocenters. The van der Waals surface area contributed by atoms with Gasteiger partial charge in [-0.1, -0.05) is 0 Å². The fourth-order valence-corrected chi connectivity index (χ4v) is 2.67. The Morgan fingerprint density at radius 3 is 3.06 bits per heavy atom. The molecule has 1 amide bonds. The van der Waals surface area contributed by atoms with Crippen LogP contribution in [0.3, 0.4) is 0 Å². The average Bonchev–Trinajstić information content (AvgIpc) is 2.75. The van der Waals surface area contributed by atoms with Crippen LogP contribution in [0.2, 0.25) is 0 Å².